The zero-order valence-corrected chi connectivity index (χ0v) is 12.9. The summed E-state index contributed by atoms with van der Waals surface area (Å²) in [7, 11) is 2.67. The van der Waals surface area contributed by atoms with E-state index in [0.29, 0.717) is 17.4 Å². The molecular formula is C13H25F3N4O. The Morgan fingerprint density at radius 2 is 1.86 bits per heavy atom. The lowest BCUT2D eigenvalue weighted by molar-refractivity contribution is -0.157. The van der Waals surface area contributed by atoms with Crippen LogP contribution in [0, 0.1) is 0 Å². The number of nitrogens with zero attached hydrogens (tertiary/aromatic N) is 2. The van der Waals surface area contributed by atoms with E-state index in [1.165, 1.54) is 0 Å². The highest BCUT2D eigenvalue weighted by Gasteiger charge is 2.31. The highest BCUT2D eigenvalue weighted by atomic mass is 19.4. The molecular weight excluding hydrogens is 285 g/mol. The molecule has 0 unspecified atom stereocenters. The zero-order chi connectivity index (χ0) is 16.3. The third kappa shape index (κ3) is 10.9. The normalized spacial score (nSPS) is 12.2. The zero-order valence-electron chi connectivity index (χ0n) is 12.9. The molecule has 124 valence electrons. The number of nitrogens with one attached hydrogen (secondary N) is 2. The van der Waals surface area contributed by atoms with Crippen molar-refractivity contribution in [2.24, 2.45) is 4.99 Å². The van der Waals surface area contributed by atoms with Gasteiger partial charge in [0.2, 0.25) is 5.91 Å². The number of guanidine groups is 1. The van der Waals surface area contributed by atoms with E-state index in [0.717, 1.165) is 32.7 Å². The van der Waals surface area contributed by atoms with Crippen LogP contribution in [-0.2, 0) is 4.79 Å². The highest BCUT2D eigenvalue weighted by Crippen LogP contribution is 2.15. The summed E-state index contributed by atoms with van der Waals surface area (Å²) in [5.41, 5.74) is 0. The Kier molecular flexibility index (Phi) is 9.56. The molecule has 0 aliphatic rings. The molecule has 0 bridgehead atoms. The van der Waals surface area contributed by atoms with Crippen molar-refractivity contribution in [1.82, 2.24) is 15.5 Å². The molecule has 0 atom stereocenters. The summed E-state index contributed by atoms with van der Waals surface area (Å²) in [5, 5.41) is 5.72. The van der Waals surface area contributed by atoms with Gasteiger partial charge < -0.3 is 15.5 Å². The van der Waals surface area contributed by atoms with Crippen molar-refractivity contribution in [1.29, 1.82) is 0 Å². The summed E-state index contributed by atoms with van der Waals surface area (Å²) in [6.07, 6.45) is 0.00920. The van der Waals surface area contributed by atoms with Gasteiger partial charge in [0.05, 0.1) is 6.54 Å². The Hall–Kier alpha value is -1.47. The number of halogens is 3. The quantitative estimate of drug-likeness (QED) is 0.408. The summed E-state index contributed by atoms with van der Waals surface area (Å²) in [6, 6.07) is 0. The number of likely N-dealkylation sites (N-methyl/N-ethyl adjacent to an activating group) is 1. The van der Waals surface area contributed by atoms with Crippen LogP contribution in [0.25, 0.3) is 0 Å². The lowest BCUT2D eigenvalue weighted by atomic mass is 10.2. The maximum Gasteiger partial charge on any atom is 0.406 e. The molecule has 5 nitrogen and oxygen atoms in total. The summed E-state index contributed by atoms with van der Waals surface area (Å²) >= 11 is 0. The molecule has 21 heavy (non-hydrogen) atoms. The average Bonchev–Trinajstić information content (AvgIpc) is 2.39. The van der Waals surface area contributed by atoms with Gasteiger partial charge in [-0.1, -0.05) is 26.2 Å². The minimum atomic E-state index is -4.39. The van der Waals surface area contributed by atoms with Crippen molar-refractivity contribution in [2.45, 2.75) is 38.8 Å². The van der Waals surface area contributed by atoms with E-state index in [2.05, 4.69) is 22.5 Å². The monoisotopic (exact) mass is 310 g/mol. The fourth-order valence-electron chi connectivity index (χ4n) is 1.63. The van der Waals surface area contributed by atoms with E-state index in [-0.39, 0.29) is 6.54 Å². The van der Waals surface area contributed by atoms with Gasteiger partial charge in [0.1, 0.15) is 6.54 Å². The van der Waals surface area contributed by atoms with Gasteiger partial charge in [0.15, 0.2) is 5.96 Å². The number of aliphatic imine (C=N–C) groups is 1. The molecule has 0 radical (unpaired) electrons. The topological polar surface area (TPSA) is 56.7 Å². The van der Waals surface area contributed by atoms with Gasteiger partial charge in [0, 0.05) is 20.6 Å². The first-order valence-corrected chi connectivity index (χ1v) is 7.05. The molecule has 0 fully saturated rings. The first kappa shape index (κ1) is 19.5. The van der Waals surface area contributed by atoms with Crippen molar-refractivity contribution in [3.05, 3.63) is 0 Å². The van der Waals surface area contributed by atoms with Crippen LogP contribution in [0.1, 0.15) is 32.6 Å². The molecule has 0 aromatic carbocycles. The first-order chi connectivity index (χ1) is 9.80. The summed E-state index contributed by atoms with van der Waals surface area (Å²) in [4.78, 5) is 16.1. The first-order valence-electron chi connectivity index (χ1n) is 7.05. The standard InChI is InChI=1S/C13H25F3N4O/c1-4-5-6-7-8-18-12(17-2)19-9-11(21)20(3)10-13(14,15)16/h4-10H2,1-3H3,(H2,17,18,19). The van der Waals surface area contributed by atoms with E-state index in [1.807, 2.05) is 0 Å². The van der Waals surface area contributed by atoms with Crippen molar-refractivity contribution in [2.75, 3.05) is 33.7 Å². The minimum absolute atomic E-state index is 0.221. The van der Waals surface area contributed by atoms with E-state index >= 15 is 0 Å². The molecule has 0 spiro atoms. The smallest absolute Gasteiger partial charge is 0.356 e. The third-order valence-electron chi connectivity index (χ3n) is 2.80. The summed E-state index contributed by atoms with van der Waals surface area (Å²) < 4.78 is 36.4. The van der Waals surface area contributed by atoms with E-state index in [4.69, 9.17) is 0 Å². The number of carbonyl (C=O) groups excluding carboxylic acids is 1. The van der Waals surface area contributed by atoms with Gasteiger partial charge in [-0.25, -0.2) is 0 Å². The number of carbonyl (C=O) groups is 1. The second-order valence-electron chi connectivity index (χ2n) is 4.78. The van der Waals surface area contributed by atoms with Crippen LogP contribution in [0.4, 0.5) is 13.2 Å². The molecule has 2 N–H and O–H groups in total. The molecule has 0 saturated carbocycles. The lowest BCUT2D eigenvalue weighted by Gasteiger charge is -2.20. The van der Waals surface area contributed by atoms with Gasteiger partial charge in [0.25, 0.3) is 0 Å². The molecule has 8 heteroatoms. The minimum Gasteiger partial charge on any atom is -0.356 e. The maximum absolute atomic E-state index is 12.1. The summed E-state index contributed by atoms with van der Waals surface area (Å²) in [6.45, 7) is 1.36. The van der Waals surface area contributed by atoms with Crippen LogP contribution in [0.15, 0.2) is 4.99 Å². The van der Waals surface area contributed by atoms with Gasteiger partial charge in [-0.3, -0.25) is 9.79 Å². The van der Waals surface area contributed by atoms with Gasteiger partial charge >= 0.3 is 6.18 Å². The molecule has 0 aromatic rings. The molecule has 0 aromatic heterocycles. The Bertz CT molecular complexity index is 332. The second kappa shape index (κ2) is 10.3. The number of rotatable bonds is 8. The fraction of sp³-hybridized carbons (Fsp3) is 0.846. The molecule has 0 saturated heterocycles. The van der Waals surface area contributed by atoms with Crippen molar-refractivity contribution < 1.29 is 18.0 Å². The Labute approximate surface area is 124 Å². The average molecular weight is 310 g/mol. The van der Waals surface area contributed by atoms with Crippen molar-refractivity contribution in [3.63, 3.8) is 0 Å². The van der Waals surface area contributed by atoms with Gasteiger partial charge in [-0.15, -0.1) is 0 Å². The molecule has 0 aliphatic heterocycles. The van der Waals surface area contributed by atoms with Crippen LogP contribution in [0.2, 0.25) is 0 Å². The number of amides is 1. The highest BCUT2D eigenvalue weighted by molar-refractivity contribution is 5.86. The Morgan fingerprint density at radius 1 is 1.19 bits per heavy atom. The second-order valence-corrected chi connectivity index (χ2v) is 4.78. The number of alkyl halides is 3. The molecule has 0 heterocycles. The fourth-order valence-corrected chi connectivity index (χ4v) is 1.63. The molecule has 0 aliphatic carbocycles. The third-order valence-corrected chi connectivity index (χ3v) is 2.80. The van der Waals surface area contributed by atoms with Gasteiger partial charge in [-0.2, -0.15) is 13.2 Å². The molecule has 0 rings (SSSR count). The number of hydrogen-bond donors (Lipinski definition) is 2. The Balaban J connectivity index is 3.97. The predicted molar refractivity (Wildman–Crippen MR) is 77.2 cm³/mol. The van der Waals surface area contributed by atoms with E-state index in [9.17, 15) is 18.0 Å². The predicted octanol–water partition coefficient (Wildman–Crippen LogP) is 1.75. The summed E-state index contributed by atoms with van der Waals surface area (Å²) in [5.74, 6) is -0.221. The van der Waals surface area contributed by atoms with Crippen molar-refractivity contribution in [3.8, 4) is 0 Å². The van der Waals surface area contributed by atoms with Crippen LogP contribution in [0.5, 0.6) is 0 Å². The molecule has 1 amide bonds. The lowest BCUT2D eigenvalue weighted by Crippen LogP contribution is -2.45. The van der Waals surface area contributed by atoms with Crippen molar-refractivity contribution >= 4 is 11.9 Å². The van der Waals surface area contributed by atoms with E-state index in [1.54, 1.807) is 7.05 Å². The van der Waals surface area contributed by atoms with Crippen LogP contribution >= 0.6 is 0 Å². The largest absolute Gasteiger partial charge is 0.406 e. The van der Waals surface area contributed by atoms with Crippen LogP contribution in [-0.4, -0.2) is 56.7 Å². The Morgan fingerprint density at radius 3 is 2.38 bits per heavy atom. The maximum atomic E-state index is 12.1. The van der Waals surface area contributed by atoms with Crippen LogP contribution in [0.3, 0.4) is 0 Å². The number of hydrogen-bond acceptors (Lipinski definition) is 2. The van der Waals surface area contributed by atoms with Crippen LogP contribution < -0.4 is 10.6 Å². The van der Waals surface area contributed by atoms with Gasteiger partial charge in [-0.05, 0) is 6.42 Å². The number of unbranched alkanes of at least 4 members (excludes halogenated alkanes) is 3. The SMILES string of the molecule is CCCCCCNC(=NC)NCC(=O)N(C)CC(F)(F)F. The van der Waals surface area contributed by atoms with E-state index < -0.39 is 18.6 Å².